The van der Waals surface area contributed by atoms with Gasteiger partial charge in [-0.15, -0.1) is 10.2 Å². The van der Waals surface area contributed by atoms with Gasteiger partial charge in [-0.2, -0.15) is 0 Å². The van der Waals surface area contributed by atoms with Gasteiger partial charge in [-0.1, -0.05) is 18.2 Å². The summed E-state index contributed by atoms with van der Waals surface area (Å²) in [6.07, 6.45) is 1.39. The number of azo groups is 1. The molecule has 0 amide bonds. The molecule has 1 heterocycles. The van der Waals surface area contributed by atoms with Crippen molar-refractivity contribution in [2.75, 3.05) is 31.7 Å². The average Bonchev–Trinajstić information content (AvgIpc) is 3.29. The van der Waals surface area contributed by atoms with Crippen LogP contribution in [0.4, 0.5) is 21.5 Å². The summed E-state index contributed by atoms with van der Waals surface area (Å²) in [6.45, 7) is 0.983. The summed E-state index contributed by atoms with van der Waals surface area (Å²) in [5.74, 6) is 0.440. The second kappa shape index (κ2) is 11.5. The van der Waals surface area contributed by atoms with Crippen LogP contribution in [0.1, 0.15) is 6.42 Å². The average molecular weight is 455 g/mol. The number of thiazole rings is 1. The van der Waals surface area contributed by atoms with Crippen LogP contribution in [0.15, 0.2) is 71.0 Å². The third kappa shape index (κ3) is 7.13. The standard InChI is InChI=1S/C21H21N5O5S/c1-25(12-11-20(27)31-14-13-30-18-5-3-2-4-6-18)17-9-7-16(8-10-17)23-24-21-22-15-19(32-21)26(28)29/h2-10,15H,11-14H2,1H3. The van der Waals surface area contributed by atoms with Crippen LogP contribution >= 0.6 is 11.3 Å². The van der Waals surface area contributed by atoms with Crippen LogP contribution in [0.3, 0.4) is 0 Å². The van der Waals surface area contributed by atoms with Crippen molar-refractivity contribution < 1.29 is 19.2 Å². The third-order valence-electron chi connectivity index (χ3n) is 4.21. The Labute approximate surface area is 188 Å². The quantitative estimate of drug-likeness (QED) is 0.132. The van der Waals surface area contributed by atoms with Gasteiger partial charge in [0.15, 0.2) is 0 Å². The van der Waals surface area contributed by atoms with Gasteiger partial charge in [0.2, 0.25) is 5.13 Å². The number of hydrogen-bond acceptors (Lipinski definition) is 10. The highest BCUT2D eigenvalue weighted by Crippen LogP contribution is 2.29. The Hall–Kier alpha value is -3.86. The predicted octanol–water partition coefficient (Wildman–Crippen LogP) is 4.92. The number of nitrogens with zero attached hydrogens (tertiary/aromatic N) is 5. The Kier molecular flexibility index (Phi) is 8.21. The maximum absolute atomic E-state index is 11.9. The van der Waals surface area contributed by atoms with Crippen LogP contribution in [0.25, 0.3) is 0 Å². The Morgan fingerprint density at radius 2 is 1.88 bits per heavy atom. The zero-order valence-electron chi connectivity index (χ0n) is 17.3. The molecule has 0 fully saturated rings. The summed E-state index contributed by atoms with van der Waals surface area (Å²) in [7, 11) is 1.87. The smallest absolute Gasteiger partial charge is 0.345 e. The van der Waals surface area contributed by atoms with E-state index in [1.54, 1.807) is 12.1 Å². The molecule has 2 aromatic carbocycles. The van der Waals surface area contributed by atoms with Gasteiger partial charge in [0.05, 0.1) is 17.0 Å². The molecule has 0 aliphatic carbocycles. The topological polar surface area (TPSA) is 120 Å². The van der Waals surface area contributed by atoms with E-state index in [4.69, 9.17) is 9.47 Å². The summed E-state index contributed by atoms with van der Waals surface area (Å²) in [5.41, 5.74) is 1.48. The molecule has 0 saturated carbocycles. The Morgan fingerprint density at radius 3 is 2.56 bits per heavy atom. The number of esters is 1. The van der Waals surface area contributed by atoms with Crippen molar-refractivity contribution in [3.63, 3.8) is 0 Å². The lowest BCUT2D eigenvalue weighted by Crippen LogP contribution is -2.22. The van der Waals surface area contributed by atoms with Gasteiger partial charge >= 0.3 is 11.0 Å². The van der Waals surface area contributed by atoms with Gasteiger partial charge < -0.3 is 14.4 Å². The van der Waals surface area contributed by atoms with Crippen molar-refractivity contribution in [2.45, 2.75) is 6.42 Å². The van der Waals surface area contributed by atoms with E-state index in [0.29, 0.717) is 18.8 Å². The Morgan fingerprint density at radius 1 is 1.12 bits per heavy atom. The van der Waals surface area contributed by atoms with Crippen LogP contribution < -0.4 is 9.64 Å². The number of carbonyl (C=O) groups is 1. The van der Waals surface area contributed by atoms with Gasteiger partial charge in [0, 0.05) is 19.3 Å². The molecule has 3 aromatic rings. The molecule has 11 heteroatoms. The lowest BCUT2D eigenvalue weighted by atomic mass is 10.2. The first-order valence-corrected chi connectivity index (χ1v) is 10.5. The minimum atomic E-state index is -0.518. The molecule has 10 nitrogen and oxygen atoms in total. The fourth-order valence-electron chi connectivity index (χ4n) is 2.55. The van der Waals surface area contributed by atoms with E-state index in [0.717, 1.165) is 29.0 Å². The second-order valence-electron chi connectivity index (χ2n) is 6.51. The van der Waals surface area contributed by atoms with Gasteiger partial charge in [-0.25, -0.2) is 4.98 Å². The van der Waals surface area contributed by atoms with Gasteiger partial charge in [0.25, 0.3) is 0 Å². The molecule has 0 saturated heterocycles. The van der Waals surface area contributed by atoms with Gasteiger partial charge in [-0.05, 0) is 47.7 Å². The zero-order valence-corrected chi connectivity index (χ0v) is 18.1. The highest BCUT2D eigenvalue weighted by Gasteiger charge is 2.11. The summed E-state index contributed by atoms with van der Waals surface area (Å²) in [5, 5.41) is 18.7. The van der Waals surface area contributed by atoms with Crippen molar-refractivity contribution in [2.24, 2.45) is 10.2 Å². The summed E-state index contributed by atoms with van der Waals surface area (Å²) in [4.78, 5) is 27.8. The molecular formula is C21H21N5O5S. The molecule has 0 N–H and O–H groups in total. The number of nitro groups is 1. The fraction of sp³-hybridized carbons (Fsp3) is 0.238. The normalized spacial score (nSPS) is 10.8. The number of benzene rings is 2. The van der Waals surface area contributed by atoms with Crippen molar-refractivity contribution in [1.29, 1.82) is 0 Å². The first-order chi connectivity index (χ1) is 15.5. The molecule has 0 bridgehead atoms. The van der Waals surface area contributed by atoms with E-state index in [1.165, 1.54) is 0 Å². The highest BCUT2D eigenvalue weighted by atomic mass is 32.1. The number of ether oxygens (including phenoxy) is 2. The molecule has 1 aromatic heterocycles. The first-order valence-electron chi connectivity index (χ1n) is 9.68. The molecule has 0 aliphatic rings. The van der Waals surface area contributed by atoms with E-state index in [-0.39, 0.29) is 29.1 Å². The molecule has 166 valence electrons. The molecule has 3 rings (SSSR count). The minimum absolute atomic E-state index is 0.0850. The van der Waals surface area contributed by atoms with Crippen molar-refractivity contribution >= 4 is 38.8 Å². The second-order valence-corrected chi connectivity index (χ2v) is 7.50. The van der Waals surface area contributed by atoms with E-state index in [1.807, 2.05) is 54.4 Å². The largest absolute Gasteiger partial charge is 0.490 e. The van der Waals surface area contributed by atoms with E-state index >= 15 is 0 Å². The van der Waals surface area contributed by atoms with Crippen molar-refractivity contribution in [3.8, 4) is 5.75 Å². The molecule has 0 atom stereocenters. The minimum Gasteiger partial charge on any atom is -0.490 e. The maximum Gasteiger partial charge on any atom is 0.345 e. The van der Waals surface area contributed by atoms with E-state index in [9.17, 15) is 14.9 Å². The third-order valence-corrected chi connectivity index (χ3v) is 5.05. The molecule has 0 spiro atoms. The number of rotatable bonds is 11. The highest BCUT2D eigenvalue weighted by molar-refractivity contribution is 7.18. The monoisotopic (exact) mass is 455 g/mol. The van der Waals surface area contributed by atoms with Gasteiger partial charge in [0.1, 0.15) is 25.2 Å². The van der Waals surface area contributed by atoms with E-state index in [2.05, 4.69) is 15.2 Å². The Balaban J connectivity index is 1.39. The number of anilines is 1. The van der Waals surface area contributed by atoms with Crippen molar-refractivity contribution in [3.05, 3.63) is 70.9 Å². The molecule has 32 heavy (non-hydrogen) atoms. The van der Waals surface area contributed by atoms with Crippen LogP contribution in [-0.4, -0.2) is 42.7 Å². The molecule has 0 aliphatic heterocycles. The lowest BCUT2D eigenvalue weighted by molar-refractivity contribution is -0.380. The van der Waals surface area contributed by atoms with E-state index < -0.39 is 4.92 Å². The van der Waals surface area contributed by atoms with Crippen LogP contribution in [0.2, 0.25) is 0 Å². The van der Waals surface area contributed by atoms with Crippen molar-refractivity contribution in [1.82, 2.24) is 4.98 Å². The first kappa shape index (κ1) is 22.8. The fourth-order valence-corrected chi connectivity index (χ4v) is 3.11. The zero-order chi connectivity index (χ0) is 22.8. The Bertz CT molecular complexity index is 1060. The molecule has 0 radical (unpaired) electrons. The molecule has 0 unspecified atom stereocenters. The lowest BCUT2D eigenvalue weighted by Gasteiger charge is -2.18. The van der Waals surface area contributed by atoms with Gasteiger partial charge in [-0.3, -0.25) is 14.9 Å². The van der Waals surface area contributed by atoms with Crippen LogP contribution in [0.5, 0.6) is 5.75 Å². The summed E-state index contributed by atoms with van der Waals surface area (Å²) in [6, 6.07) is 16.5. The number of aromatic nitrogens is 1. The number of para-hydroxylation sites is 1. The SMILES string of the molecule is CN(CCC(=O)OCCOc1ccccc1)c1ccc(N=Nc2ncc([N+](=O)[O-])s2)cc1. The summed E-state index contributed by atoms with van der Waals surface area (Å²) < 4.78 is 10.7. The number of hydrogen-bond donors (Lipinski definition) is 0. The summed E-state index contributed by atoms with van der Waals surface area (Å²) >= 11 is 0.853. The predicted molar refractivity (Wildman–Crippen MR) is 120 cm³/mol. The van der Waals surface area contributed by atoms with Crippen LogP contribution in [0, 0.1) is 10.1 Å². The number of carbonyl (C=O) groups excluding carboxylic acids is 1. The molecular weight excluding hydrogens is 434 g/mol. The van der Waals surface area contributed by atoms with Crippen LogP contribution in [-0.2, 0) is 9.53 Å². The maximum atomic E-state index is 11.9.